The minimum absolute atomic E-state index is 0.833. The van der Waals surface area contributed by atoms with Gasteiger partial charge in [-0.15, -0.1) is 0 Å². The SMILES string of the molecule is CC.CC(C)C.CC1=CCCC=C1/C=C(\C)c1cccc(C)c1.CCCC(=CCN(CCC)CCC)CCC. The molecule has 1 aliphatic rings. The molecule has 0 aromatic heterocycles. The van der Waals surface area contributed by atoms with Crippen LogP contribution in [0.15, 0.2) is 65.3 Å². The van der Waals surface area contributed by atoms with Crippen molar-refractivity contribution in [2.24, 2.45) is 5.92 Å². The van der Waals surface area contributed by atoms with E-state index >= 15 is 0 Å². The molecule has 1 aromatic rings. The molecular weight excluding hydrogens is 470 g/mol. The highest BCUT2D eigenvalue weighted by molar-refractivity contribution is 5.68. The Bertz CT molecular complexity index is 817. The zero-order valence-electron chi connectivity index (χ0n) is 28.4. The average molecular weight is 538 g/mol. The number of rotatable bonds is 12. The van der Waals surface area contributed by atoms with E-state index in [1.54, 1.807) is 5.57 Å². The van der Waals surface area contributed by atoms with Crippen molar-refractivity contribution in [2.45, 2.75) is 134 Å². The van der Waals surface area contributed by atoms with Gasteiger partial charge >= 0.3 is 0 Å². The fraction of sp³-hybridized carbons (Fsp3) is 0.632. The van der Waals surface area contributed by atoms with Gasteiger partial charge in [-0.2, -0.15) is 0 Å². The van der Waals surface area contributed by atoms with E-state index in [0.717, 1.165) is 12.5 Å². The monoisotopic (exact) mass is 538 g/mol. The second-order valence-corrected chi connectivity index (χ2v) is 11.2. The highest BCUT2D eigenvalue weighted by Gasteiger charge is 2.04. The van der Waals surface area contributed by atoms with Crippen molar-refractivity contribution >= 4 is 5.57 Å². The number of hydrogen-bond acceptors (Lipinski definition) is 1. The average Bonchev–Trinajstić information content (AvgIpc) is 2.90. The molecule has 0 atom stereocenters. The largest absolute Gasteiger partial charge is 0.300 e. The first-order chi connectivity index (χ1) is 18.7. The molecule has 0 radical (unpaired) electrons. The third-order valence-corrected chi connectivity index (χ3v) is 6.14. The molecule has 0 spiro atoms. The Morgan fingerprint density at radius 1 is 0.846 bits per heavy atom. The standard InChI is InChI=1S/C17H20.C15H31N.C4H10.C2H6/c1-13-7-6-10-16(11-13)15(3)12-17-9-5-4-8-14(17)2;1-5-9-15(10-6-2)11-14-16(12-7-3)13-8-4;1-4(2)3;1-2/h6-12H,4-5H2,1-3H3;11H,5-10,12-14H2,1-4H3;4H,1-3H3;1-2H3/b15-12+;;;. The number of nitrogens with zero attached hydrogens (tertiary/aromatic N) is 1. The lowest BCUT2D eigenvalue weighted by molar-refractivity contribution is 0.303. The van der Waals surface area contributed by atoms with E-state index in [0.29, 0.717) is 0 Å². The molecule has 1 nitrogen and oxygen atoms in total. The molecule has 0 saturated heterocycles. The van der Waals surface area contributed by atoms with Crippen molar-refractivity contribution in [2.75, 3.05) is 19.6 Å². The van der Waals surface area contributed by atoms with Crippen LogP contribution < -0.4 is 0 Å². The van der Waals surface area contributed by atoms with Crippen LogP contribution >= 0.6 is 0 Å². The minimum atomic E-state index is 0.833. The molecule has 0 heterocycles. The van der Waals surface area contributed by atoms with E-state index in [-0.39, 0.29) is 0 Å². The molecule has 224 valence electrons. The summed E-state index contributed by atoms with van der Waals surface area (Å²) >= 11 is 0. The summed E-state index contributed by atoms with van der Waals surface area (Å²) < 4.78 is 0. The molecule has 0 fully saturated rings. The van der Waals surface area contributed by atoms with Crippen LogP contribution in [0.1, 0.15) is 139 Å². The Morgan fingerprint density at radius 2 is 1.38 bits per heavy atom. The van der Waals surface area contributed by atoms with Gasteiger partial charge in [-0.05, 0) is 101 Å². The normalized spacial score (nSPS) is 12.7. The molecule has 2 rings (SSSR count). The zero-order valence-corrected chi connectivity index (χ0v) is 28.4. The molecule has 0 saturated carbocycles. The molecule has 0 amide bonds. The van der Waals surface area contributed by atoms with Crippen LogP contribution in [0.25, 0.3) is 5.57 Å². The van der Waals surface area contributed by atoms with Crippen LogP contribution in [-0.2, 0) is 0 Å². The minimum Gasteiger partial charge on any atom is -0.300 e. The summed E-state index contributed by atoms with van der Waals surface area (Å²) in [5.41, 5.74) is 8.44. The smallest absolute Gasteiger partial charge is 0.0165 e. The summed E-state index contributed by atoms with van der Waals surface area (Å²) in [5, 5.41) is 0. The first-order valence-electron chi connectivity index (χ1n) is 16.2. The van der Waals surface area contributed by atoms with Gasteiger partial charge in [-0.3, -0.25) is 4.90 Å². The van der Waals surface area contributed by atoms with Gasteiger partial charge < -0.3 is 0 Å². The lowest BCUT2D eigenvalue weighted by atomic mass is 9.95. The van der Waals surface area contributed by atoms with Crippen LogP contribution in [0.2, 0.25) is 0 Å². The molecule has 1 aromatic carbocycles. The van der Waals surface area contributed by atoms with Crippen molar-refractivity contribution in [3.8, 4) is 0 Å². The number of allylic oxidation sites excluding steroid dienone is 7. The fourth-order valence-electron chi connectivity index (χ4n) is 4.35. The van der Waals surface area contributed by atoms with Gasteiger partial charge in [0.05, 0.1) is 0 Å². The van der Waals surface area contributed by atoms with Crippen molar-refractivity contribution in [3.63, 3.8) is 0 Å². The van der Waals surface area contributed by atoms with Gasteiger partial charge in [-0.25, -0.2) is 0 Å². The van der Waals surface area contributed by atoms with Crippen LogP contribution in [-0.4, -0.2) is 24.5 Å². The predicted molar refractivity (Wildman–Crippen MR) is 183 cm³/mol. The Kier molecular flexibility index (Phi) is 26.6. The maximum absolute atomic E-state index is 2.57. The zero-order chi connectivity index (χ0) is 30.1. The molecule has 0 unspecified atom stereocenters. The van der Waals surface area contributed by atoms with Gasteiger partial charge in [0.15, 0.2) is 0 Å². The van der Waals surface area contributed by atoms with Crippen LogP contribution in [0.3, 0.4) is 0 Å². The lowest BCUT2D eigenvalue weighted by Gasteiger charge is -2.19. The lowest BCUT2D eigenvalue weighted by Crippen LogP contribution is -2.25. The molecular formula is C38H67N. The summed E-state index contributed by atoms with van der Waals surface area (Å²) in [5.74, 6) is 0.833. The van der Waals surface area contributed by atoms with E-state index in [9.17, 15) is 0 Å². The van der Waals surface area contributed by atoms with Gasteiger partial charge in [0.1, 0.15) is 0 Å². The summed E-state index contributed by atoms with van der Waals surface area (Å²) in [6.45, 7) is 29.8. The molecule has 0 N–H and O–H groups in total. The number of aryl methyl sites for hydroxylation is 1. The maximum atomic E-state index is 2.57. The number of hydrogen-bond donors (Lipinski definition) is 0. The van der Waals surface area contributed by atoms with E-state index in [1.807, 2.05) is 13.8 Å². The molecule has 39 heavy (non-hydrogen) atoms. The second-order valence-electron chi connectivity index (χ2n) is 11.2. The Balaban J connectivity index is 0. The third kappa shape index (κ3) is 21.6. The first kappa shape index (κ1) is 39.3. The van der Waals surface area contributed by atoms with Crippen molar-refractivity contribution in [3.05, 3.63) is 76.4 Å². The summed E-state index contributed by atoms with van der Waals surface area (Å²) in [7, 11) is 0. The topological polar surface area (TPSA) is 3.24 Å². The fourth-order valence-corrected chi connectivity index (χ4v) is 4.35. The first-order valence-corrected chi connectivity index (χ1v) is 16.2. The maximum Gasteiger partial charge on any atom is 0.0165 e. The molecule has 1 aliphatic carbocycles. The van der Waals surface area contributed by atoms with Crippen molar-refractivity contribution in [1.82, 2.24) is 4.90 Å². The molecule has 1 heteroatoms. The van der Waals surface area contributed by atoms with E-state index < -0.39 is 0 Å². The third-order valence-electron chi connectivity index (χ3n) is 6.14. The molecule has 0 bridgehead atoms. The van der Waals surface area contributed by atoms with Crippen molar-refractivity contribution < 1.29 is 0 Å². The van der Waals surface area contributed by atoms with E-state index in [1.165, 1.54) is 92.3 Å². The molecule has 0 aliphatic heterocycles. The Hall–Kier alpha value is -1.86. The summed E-state index contributed by atoms with van der Waals surface area (Å²) in [4.78, 5) is 2.57. The summed E-state index contributed by atoms with van der Waals surface area (Å²) in [6.07, 6.45) is 19.5. The Labute approximate surface area is 246 Å². The van der Waals surface area contributed by atoms with Gasteiger partial charge in [0, 0.05) is 6.54 Å². The highest BCUT2D eigenvalue weighted by Crippen LogP contribution is 2.24. The van der Waals surface area contributed by atoms with Crippen molar-refractivity contribution in [1.29, 1.82) is 0 Å². The second kappa shape index (κ2) is 26.4. The Morgan fingerprint density at radius 3 is 1.85 bits per heavy atom. The van der Waals surface area contributed by atoms with E-state index in [4.69, 9.17) is 0 Å². The van der Waals surface area contributed by atoms with Crippen LogP contribution in [0, 0.1) is 12.8 Å². The quantitative estimate of drug-likeness (QED) is 0.240. The predicted octanol–water partition coefficient (Wildman–Crippen LogP) is 12.4. The van der Waals surface area contributed by atoms with Gasteiger partial charge in [-0.1, -0.05) is 135 Å². The number of benzene rings is 1. The van der Waals surface area contributed by atoms with Gasteiger partial charge in [0.25, 0.3) is 0 Å². The van der Waals surface area contributed by atoms with E-state index in [2.05, 4.69) is 123 Å². The highest BCUT2D eigenvalue weighted by atomic mass is 15.1. The summed E-state index contributed by atoms with van der Waals surface area (Å²) in [6, 6.07) is 8.69. The van der Waals surface area contributed by atoms with Crippen LogP contribution in [0.5, 0.6) is 0 Å². The van der Waals surface area contributed by atoms with Gasteiger partial charge in [0.2, 0.25) is 0 Å². The van der Waals surface area contributed by atoms with Crippen LogP contribution in [0.4, 0.5) is 0 Å².